The van der Waals surface area contributed by atoms with Gasteiger partial charge in [-0.15, -0.1) is 0 Å². The van der Waals surface area contributed by atoms with Crippen molar-refractivity contribution in [3.05, 3.63) is 96.7 Å². The molecule has 3 aromatic rings. The number of hydrogen-bond donors (Lipinski definition) is 0. The normalized spacial score (nSPS) is 15.7. The van der Waals surface area contributed by atoms with Gasteiger partial charge in [0.15, 0.2) is 4.80 Å². The number of aromatic nitrogens is 1. The van der Waals surface area contributed by atoms with Gasteiger partial charge in [-0.3, -0.25) is 14.2 Å². The summed E-state index contributed by atoms with van der Waals surface area (Å²) in [5, 5.41) is 0. The van der Waals surface area contributed by atoms with Gasteiger partial charge in [-0.1, -0.05) is 53.8 Å². The maximum absolute atomic E-state index is 13.4. The minimum Gasteiger partial charge on any atom is -0.466 e. The van der Waals surface area contributed by atoms with Crippen LogP contribution in [-0.4, -0.2) is 23.6 Å². The lowest BCUT2D eigenvalue weighted by Crippen LogP contribution is -2.39. The van der Waals surface area contributed by atoms with Crippen molar-refractivity contribution in [2.75, 3.05) is 7.11 Å². The third-order valence-electron chi connectivity index (χ3n) is 4.98. The molecule has 162 valence electrons. The van der Waals surface area contributed by atoms with E-state index in [1.165, 1.54) is 29.9 Å². The molecule has 0 unspecified atom stereocenters. The van der Waals surface area contributed by atoms with E-state index < -0.39 is 18.0 Å². The summed E-state index contributed by atoms with van der Waals surface area (Å²) in [6.07, 6.45) is 1.75. The summed E-state index contributed by atoms with van der Waals surface area (Å²) in [4.78, 5) is 42.1. The fourth-order valence-electron chi connectivity index (χ4n) is 3.59. The molecule has 1 aliphatic rings. The first-order valence-electron chi connectivity index (χ1n) is 9.83. The Bertz CT molecular complexity index is 1400. The average Bonchev–Trinajstić information content (AvgIpc) is 3.08. The summed E-state index contributed by atoms with van der Waals surface area (Å²) in [6.45, 7) is 3.08. The lowest BCUT2D eigenvalue weighted by Gasteiger charge is -2.24. The Labute approximate surface area is 187 Å². The van der Waals surface area contributed by atoms with E-state index in [9.17, 15) is 14.4 Å². The predicted octanol–water partition coefficient (Wildman–Crippen LogP) is 2.33. The highest BCUT2D eigenvalue weighted by Gasteiger charge is 2.32. The van der Waals surface area contributed by atoms with Gasteiger partial charge in [0.2, 0.25) is 0 Å². The highest BCUT2D eigenvalue weighted by molar-refractivity contribution is 7.07. The summed E-state index contributed by atoms with van der Waals surface area (Å²) in [6, 6.07) is 15.6. The second kappa shape index (κ2) is 8.76. The topological polar surface area (TPSA) is 87.0 Å². The van der Waals surface area contributed by atoms with Crippen molar-refractivity contribution in [3.63, 3.8) is 0 Å². The number of allylic oxidation sites excluding steroid dienone is 1. The Hall–Kier alpha value is -3.78. The minimum atomic E-state index is -0.631. The van der Waals surface area contributed by atoms with Crippen LogP contribution in [0, 0.1) is 0 Å². The first-order valence-corrected chi connectivity index (χ1v) is 10.6. The maximum atomic E-state index is 13.4. The van der Waals surface area contributed by atoms with Gasteiger partial charge in [-0.2, -0.15) is 0 Å². The van der Waals surface area contributed by atoms with Gasteiger partial charge >= 0.3 is 11.9 Å². The average molecular weight is 449 g/mol. The van der Waals surface area contributed by atoms with E-state index in [0.717, 1.165) is 11.1 Å². The fourth-order valence-corrected chi connectivity index (χ4v) is 4.64. The van der Waals surface area contributed by atoms with E-state index in [0.29, 0.717) is 26.4 Å². The Morgan fingerprint density at radius 3 is 2.41 bits per heavy atom. The Kier molecular flexibility index (Phi) is 5.87. The minimum absolute atomic E-state index is 0.249. The highest BCUT2D eigenvalue weighted by Crippen LogP contribution is 2.30. The summed E-state index contributed by atoms with van der Waals surface area (Å²) < 4.78 is 12.1. The van der Waals surface area contributed by atoms with E-state index in [2.05, 4.69) is 4.99 Å². The van der Waals surface area contributed by atoms with Crippen LogP contribution in [0.1, 0.15) is 31.0 Å². The predicted molar refractivity (Wildman–Crippen MR) is 120 cm³/mol. The fraction of sp³-hybridized carbons (Fsp3) is 0.167. The van der Waals surface area contributed by atoms with Crippen LogP contribution in [0.15, 0.2) is 75.7 Å². The molecule has 0 spiro atoms. The van der Waals surface area contributed by atoms with E-state index >= 15 is 0 Å². The summed E-state index contributed by atoms with van der Waals surface area (Å²) >= 11 is 1.25. The number of fused-ring (bicyclic) bond motifs is 1. The maximum Gasteiger partial charge on any atom is 0.338 e. The summed E-state index contributed by atoms with van der Waals surface area (Å²) in [5.41, 5.74) is 2.17. The van der Waals surface area contributed by atoms with Gasteiger partial charge < -0.3 is 9.47 Å². The van der Waals surface area contributed by atoms with Crippen molar-refractivity contribution < 1.29 is 19.1 Å². The number of hydrogen-bond acceptors (Lipinski definition) is 7. The first-order chi connectivity index (χ1) is 15.4. The summed E-state index contributed by atoms with van der Waals surface area (Å²) in [5.74, 6) is -0.488. The van der Waals surface area contributed by atoms with Crippen molar-refractivity contribution in [2.45, 2.75) is 19.9 Å². The quantitative estimate of drug-likeness (QED) is 0.452. The number of ether oxygens (including phenoxy) is 2. The van der Waals surface area contributed by atoms with Crippen molar-refractivity contribution in [1.82, 2.24) is 4.57 Å². The molecule has 2 aromatic carbocycles. The van der Waals surface area contributed by atoms with Crippen molar-refractivity contribution in [2.24, 2.45) is 4.99 Å². The number of methoxy groups -OCH3 is 1. The third-order valence-corrected chi connectivity index (χ3v) is 5.96. The molecule has 0 saturated heterocycles. The zero-order chi connectivity index (χ0) is 22.8. The molecular weight excluding hydrogens is 428 g/mol. The monoisotopic (exact) mass is 448 g/mol. The number of thiazole rings is 1. The van der Waals surface area contributed by atoms with Crippen LogP contribution < -0.4 is 19.6 Å². The van der Waals surface area contributed by atoms with Crippen molar-refractivity contribution in [3.8, 4) is 5.75 Å². The van der Waals surface area contributed by atoms with Crippen LogP contribution in [0.2, 0.25) is 0 Å². The van der Waals surface area contributed by atoms with E-state index in [-0.39, 0.29) is 5.56 Å². The molecule has 7 nitrogen and oxygen atoms in total. The molecule has 0 bridgehead atoms. The smallest absolute Gasteiger partial charge is 0.338 e. The third kappa shape index (κ3) is 4.04. The molecule has 0 aliphatic carbocycles. The van der Waals surface area contributed by atoms with Gasteiger partial charge in [0.1, 0.15) is 5.75 Å². The molecule has 4 rings (SSSR count). The molecule has 0 N–H and O–H groups in total. The molecule has 0 saturated carbocycles. The van der Waals surface area contributed by atoms with Gasteiger partial charge in [0.25, 0.3) is 5.56 Å². The van der Waals surface area contributed by atoms with E-state index in [1.807, 2.05) is 30.3 Å². The lowest BCUT2D eigenvalue weighted by atomic mass is 9.96. The summed E-state index contributed by atoms with van der Waals surface area (Å²) in [7, 11) is 1.31. The van der Waals surface area contributed by atoms with Crippen LogP contribution in [-0.2, 0) is 14.3 Å². The van der Waals surface area contributed by atoms with Gasteiger partial charge in [0, 0.05) is 6.92 Å². The number of benzene rings is 2. The van der Waals surface area contributed by atoms with E-state index in [1.54, 1.807) is 37.3 Å². The molecule has 1 aliphatic heterocycles. The zero-order valence-electron chi connectivity index (χ0n) is 17.7. The van der Waals surface area contributed by atoms with Crippen LogP contribution in [0.4, 0.5) is 0 Å². The lowest BCUT2D eigenvalue weighted by molar-refractivity contribution is -0.136. The van der Waals surface area contributed by atoms with Crippen molar-refractivity contribution >= 4 is 29.4 Å². The number of nitrogens with zero attached hydrogens (tertiary/aromatic N) is 2. The number of rotatable bonds is 4. The van der Waals surface area contributed by atoms with Gasteiger partial charge in [-0.05, 0) is 36.3 Å². The Balaban J connectivity index is 1.86. The van der Waals surface area contributed by atoms with Crippen LogP contribution in [0.3, 0.4) is 0 Å². The molecule has 8 heteroatoms. The SMILES string of the molecule is COC(=O)C1=C(C)N=c2sc(=Cc3ccc(OC(C)=O)cc3)c(=O)n2[C@H]1c1ccccc1. The number of carbonyl (C=O) groups excluding carboxylic acids is 2. The first kappa shape index (κ1) is 21.5. The molecule has 32 heavy (non-hydrogen) atoms. The van der Waals surface area contributed by atoms with Crippen LogP contribution >= 0.6 is 11.3 Å². The standard InChI is InChI=1S/C24H20N2O5S/c1-14-20(23(29)30-3)21(17-7-5-4-6-8-17)26-22(28)19(32-24(26)25-14)13-16-9-11-18(12-10-16)31-15(2)27/h4-13,21H,1-3H3/t21-/m0/s1. The highest BCUT2D eigenvalue weighted by atomic mass is 32.1. The molecule has 2 heterocycles. The number of esters is 2. The molecule has 0 amide bonds. The van der Waals surface area contributed by atoms with Crippen LogP contribution in [0.25, 0.3) is 6.08 Å². The number of carbonyl (C=O) groups is 2. The zero-order valence-corrected chi connectivity index (χ0v) is 18.5. The van der Waals surface area contributed by atoms with E-state index in [4.69, 9.17) is 9.47 Å². The Morgan fingerprint density at radius 1 is 1.09 bits per heavy atom. The van der Waals surface area contributed by atoms with Crippen LogP contribution in [0.5, 0.6) is 5.75 Å². The molecular formula is C24H20N2O5S. The molecule has 1 aromatic heterocycles. The van der Waals surface area contributed by atoms with Gasteiger partial charge in [-0.25, -0.2) is 9.79 Å². The molecule has 0 fully saturated rings. The van der Waals surface area contributed by atoms with Crippen molar-refractivity contribution in [1.29, 1.82) is 0 Å². The molecule has 1 atom stereocenters. The Morgan fingerprint density at radius 2 is 1.78 bits per heavy atom. The molecule has 0 radical (unpaired) electrons. The second-order valence-electron chi connectivity index (χ2n) is 7.15. The van der Waals surface area contributed by atoms with Gasteiger partial charge in [0.05, 0.1) is 29.0 Å². The second-order valence-corrected chi connectivity index (χ2v) is 8.16. The largest absolute Gasteiger partial charge is 0.466 e.